The summed E-state index contributed by atoms with van der Waals surface area (Å²) >= 11 is 0. The van der Waals surface area contributed by atoms with Gasteiger partial charge in [0.1, 0.15) is 0 Å². The summed E-state index contributed by atoms with van der Waals surface area (Å²) in [5.74, 6) is 0. The van der Waals surface area contributed by atoms with Crippen LogP contribution < -0.4 is 5.32 Å². The minimum atomic E-state index is 0.418. The standard InChI is InChI=1S/C12H25NO2/c1-4-10(9-14-3)13-11(5-2)12-7-6-8-15-12/h10-13H,4-9H2,1-3H3. The van der Waals surface area contributed by atoms with Crippen molar-refractivity contribution in [1.29, 1.82) is 0 Å². The molecule has 0 spiro atoms. The second-order valence-electron chi connectivity index (χ2n) is 4.29. The molecule has 3 nitrogen and oxygen atoms in total. The Bertz CT molecular complexity index is 158. The Labute approximate surface area is 93.5 Å². The molecule has 0 aromatic rings. The molecule has 1 saturated heterocycles. The van der Waals surface area contributed by atoms with E-state index in [0.717, 1.165) is 26.1 Å². The number of methoxy groups -OCH3 is 1. The van der Waals surface area contributed by atoms with Gasteiger partial charge in [0.25, 0.3) is 0 Å². The maximum atomic E-state index is 5.73. The fourth-order valence-electron chi connectivity index (χ4n) is 2.20. The average Bonchev–Trinajstić information content (AvgIpc) is 2.77. The van der Waals surface area contributed by atoms with Gasteiger partial charge < -0.3 is 14.8 Å². The van der Waals surface area contributed by atoms with Gasteiger partial charge in [-0.15, -0.1) is 0 Å². The van der Waals surface area contributed by atoms with Gasteiger partial charge >= 0.3 is 0 Å². The van der Waals surface area contributed by atoms with Crippen molar-refractivity contribution < 1.29 is 9.47 Å². The Morgan fingerprint density at radius 1 is 1.40 bits per heavy atom. The number of ether oxygens (including phenoxy) is 2. The van der Waals surface area contributed by atoms with Gasteiger partial charge in [0.15, 0.2) is 0 Å². The van der Waals surface area contributed by atoms with Gasteiger partial charge in [-0.3, -0.25) is 0 Å². The molecule has 0 aromatic carbocycles. The van der Waals surface area contributed by atoms with Crippen molar-refractivity contribution >= 4 is 0 Å². The second kappa shape index (κ2) is 7.20. The smallest absolute Gasteiger partial charge is 0.0728 e. The molecular formula is C12H25NO2. The van der Waals surface area contributed by atoms with Crippen LogP contribution in [0.25, 0.3) is 0 Å². The average molecular weight is 215 g/mol. The molecule has 1 aliphatic heterocycles. The minimum absolute atomic E-state index is 0.418. The van der Waals surface area contributed by atoms with Crippen LogP contribution in [0.1, 0.15) is 39.5 Å². The lowest BCUT2D eigenvalue weighted by Crippen LogP contribution is -2.46. The molecule has 0 amide bonds. The van der Waals surface area contributed by atoms with Crippen LogP contribution in [0.4, 0.5) is 0 Å². The lowest BCUT2D eigenvalue weighted by atomic mass is 10.0. The third-order valence-corrected chi connectivity index (χ3v) is 3.16. The first-order valence-corrected chi connectivity index (χ1v) is 6.18. The molecule has 1 fully saturated rings. The monoisotopic (exact) mass is 215 g/mol. The Balaban J connectivity index is 2.36. The Morgan fingerprint density at radius 3 is 2.67 bits per heavy atom. The zero-order valence-electron chi connectivity index (χ0n) is 10.3. The molecule has 3 unspecified atom stereocenters. The summed E-state index contributed by atoms with van der Waals surface area (Å²) in [6, 6.07) is 0.955. The fourth-order valence-corrected chi connectivity index (χ4v) is 2.20. The maximum absolute atomic E-state index is 5.73. The highest BCUT2D eigenvalue weighted by Crippen LogP contribution is 2.18. The molecule has 0 radical (unpaired) electrons. The summed E-state index contributed by atoms with van der Waals surface area (Å²) < 4.78 is 10.9. The Morgan fingerprint density at radius 2 is 2.20 bits per heavy atom. The third-order valence-electron chi connectivity index (χ3n) is 3.16. The van der Waals surface area contributed by atoms with Crippen molar-refractivity contribution in [3.63, 3.8) is 0 Å². The molecule has 1 N–H and O–H groups in total. The van der Waals surface area contributed by atoms with E-state index >= 15 is 0 Å². The Kier molecular flexibility index (Phi) is 6.22. The van der Waals surface area contributed by atoms with Crippen molar-refractivity contribution in [2.75, 3.05) is 20.3 Å². The van der Waals surface area contributed by atoms with E-state index in [1.54, 1.807) is 7.11 Å². The van der Waals surface area contributed by atoms with E-state index in [4.69, 9.17) is 9.47 Å². The van der Waals surface area contributed by atoms with Crippen molar-refractivity contribution in [3.8, 4) is 0 Å². The molecule has 15 heavy (non-hydrogen) atoms. The number of hydrogen-bond acceptors (Lipinski definition) is 3. The van der Waals surface area contributed by atoms with Gasteiger partial charge in [0.05, 0.1) is 12.7 Å². The van der Waals surface area contributed by atoms with Crippen LogP contribution in [-0.4, -0.2) is 38.5 Å². The largest absolute Gasteiger partial charge is 0.383 e. The summed E-state index contributed by atoms with van der Waals surface area (Å²) in [5.41, 5.74) is 0. The molecule has 0 aromatic heterocycles. The molecule has 1 aliphatic rings. The van der Waals surface area contributed by atoms with Crippen molar-refractivity contribution in [3.05, 3.63) is 0 Å². The highest BCUT2D eigenvalue weighted by atomic mass is 16.5. The van der Waals surface area contributed by atoms with Gasteiger partial charge in [0, 0.05) is 25.8 Å². The van der Waals surface area contributed by atoms with E-state index in [0.29, 0.717) is 18.2 Å². The number of nitrogens with one attached hydrogen (secondary N) is 1. The summed E-state index contributed by atoms with van der Waals surface area (Å²) in [6.45, 7) is 6.14. The molecule has 1 heterocycles. The fraction of sp³-hybridized carbons (Fsp3) is 1.00. The summed E-state index contributed by atoms with van der Waals surface area (Å²) in [5, 5.41) is 3.65. The van der Waals surface area contributed by atoms with Gasteiger partial charge in [-0.2, -0.15) is 0 Å². The molecule has 3 atom stereocenters. The van der Waals surface area contributed by atoms with Crippen LogP contribution in [0.2, 0.25) is 0 Å². The number of hydrogen-bond donors (Lipinski definition) is 1. The minimum Gasteiger partial charge on any atom is -0.383 e. The first kappa shape index (κ1) is 12.9. The van der Waals surface area contributed by atoms with Crippen molar-refractivity contribution in [2.45, 2.75) is 57.7 Å². The zero-order chi connectivity index (χ0) is 11.1. The molecule has 0 bridgehead atoms. The molecule has 0 saturated carbocycles. The first-order valence-electron chi connectivity index (χ1n) is 6.18. The lowest BCUT2D eigenvalue weighted by Gasteiger charge is -2.27. The summed E-state index contributed by atoms with van der Waals surface area (Å²) in [7, 11) is 1.76. The normalized spacial score (nSPS) is 25.4. The summed E-state index contributed by atoms with van der Waals surface area (Å²) in [4.78, 5) is 0. The first-order chi connectivity index (χ1) is 7.31. The van der Waals surface area contributed by atoms with Gasteiger partial charge in [-0.1, -0.05) is 13.8 Å². The quantitative estimate of drug-likeness (QED) is 0.704. The lowest BCUT2D eigenvalue weighted by molar-refractivity contribution is 0.0646. The molecular weight excluding hydrogens is 190 g/mol. The van der Waals surface area contributed by atoms with Crippen LogP contribution in [0.3, 0.4) is 0 Å². The molecule has 90 valence electrons. The predicted molar refractivity (Wildman–Crippen MR) is 62.1 cm³/mol. The molecule has 1 rings (SSSR count). The van der Waals surface area contributed by atoms with E-state index < -0.39 is 0 Å². The van der Waals surface area contributed by atoms with Crippen LogP contribution in [-0.2, 0) is 9.47 Å². The van der Waals surface area contributed by atoms with Crippen LogP contribution in [0.15, 0.2) is 0 Å². The van der Waals surface area contributed by atoms with E-state index in [9.17, 15) is 0 Å². The van der Waals surface area contributed by atoms with E-state index in [1.165, 1.54) is 12.8 Å². The van der Waals surface area contributed by atoms with Gasteiger partial charge in [-0.25, -0.2) is 0 Å². The maximum Gasteiger partial charge on any atom is 0.0728 e. The Hall–Kier alpha value is -0.120. The number of rotatable bonds is 7. The highest BCUT2D eigenvalue weighted by Gasteiger charge is 2.25. The molecule has 0 aliphatic carbocycles. The van der Waals surface area contributed by atoms with E-state index in [1.807, 2.05) is 0 Å². The SMILES string of the molecule is CCC(COC)NC(CC)C1CCCO1. The highest BCUT2D eigenvalue weighted by molar-refractivity contribution is 4.82. The summed E-state index contributed by atoms with van der Waals surface area (Å²) in [6.07, 6.45) is 5.07. The van der Waals surface area contributed by atoms with Gasteiger partial charge in [0.2, 0.25) is 0 Å². The van der Waals surface area contributed by atoms with Crippen LogP contribution in [0, 0.1) is 0 Å². The van der Waals surface area contributed by atoms with Crippen molar-refractivity contribution in [1.82, 2.24) is 5.32 Å². The van der Waals surface area contributed by atoms with Crippen LogP contribution in [0.5, 0.6) is 0 Å². The topological polar surface area (TPSA) is 30.5 Å². The van der Waals surface area contributed by atoms with E-state index in [2.05, 4.69) is 19.2 Å². The third kappa shape index (κ3) is 4.09. The zero-order valence-corrected chi connectivity index (χ0v) is 10.3. The van der Waals surface area contributed by atoms with Crippen LogP contribution >= 0.6 is 0 Å². The van der Waals surface area contributed by atoms with Gasteiger partial charge in [-0.05, 0) is 25.7 Å². The van der Waals surface area contributed by atoms with Crippen molar-refractivity contribution in [2.24, 2.45) is 0 Å². The predicted octanol–water partition coefficient (Wildman–Crippen LogP) is 1.96. The second-order valence-corrected chi connectivity index (χ2v) is 4.29. The van der Waals surface area contributed by atoms with E-state index in [-0.39, 0.29) is 0 Å². The molecule has 3 heteroatoms.